The quantitative estimate of drug-likeness (QED) is 0.109. The molecule has 66 heavy (non-hydrogen) atoms. The van der Waals surface area contributed by atoms with Crippen LogP contribution in [0.25, 0.3) is 0 Å². The largest absolute Gasteiger partial charge is 0.481 e. The Labute approximate surface area is 385 Å². The summed E-state index contributed by atoms with van der Waals surface area (Å²) in [7, 11) is 0. The molecule has 1 heterocycles. The predicted octanol–water partition coefficient (Wildman–Crippen LogP) is 3.63. The number of carboxylic acid groups (broad SMARTS) is 1. The van der Waals surface area contributed by atoms with Gasteiger partial charge in [0.15, 0.2) is 11.4 Å². The van der Waals surface area contributed by atoms with Crippen LogP contribution in [0.1, 0.15) is 90.2 Å². The second-order valence-corrected chi connectivity index (χ2v) is 19.9. The van der Waals surface area contributed by atoms with Crippen molar-refractivity contribution in [3.8, 4) is 0 Å². The minimum absolute atomic E-state index is 0.0367. The Morgan fingerprint density at radius 3 is 2.12 bits per heavy atom. The summed E-state index contributed by atoms with van der Waals surface area (Å²) in [5.41, 5.74) is -8.84. The van der Waals surface area contributed by atoms with E-state index in [0.717, 1.165) is 6.92 Å². The fraction of sp³-hybridized carbons (Fsp3) is 0.553. The summed E-state index contributed by atoms with van der Waals surface area (Å²) in [6, 6.07) is 14.1. The van der Waals surface area contributed by atoms with Crippen LogP contribution in [0.4, 0.5) is 4.79 Å². The fourth-order valence-corrected chi connectivity index (χ4v) is 10.6. The highest BCUT2D eigenvalue weighted by atomic mass is 32.2. The molecule has 0 aromatic heterocycles. The number of ketones is 1. The standard InChI is InChI=1S/C47H57NO17S/c1-24-28(61-41(57)36(62-32(53)22-66-21-31(51)52)34(26-15-11-9-12-16-26)48-42(58)65-43(3,4)5)20-47(59)39(63-40(56)27-17-13-10-14-18-27)37-45(8,38(55)35(54)33(24)44(47,6)7)29(50)19-30-46(37,23-60-30)64-25(2)49/h9-18,28-30,34-37,39,50,54,59H,19-23H2,1-8H3,(H,48,58)(H,51,52)/t28-,29-,30+,34-,35+,36+,37-,39-,45+,46-,47+/m0/s1. The van der Waals surface area contributed by atoms with E-state index in [0.29, 0.717) is 11.8 Å². The van der Waals surface area contributed by atoms with Gasteiger partial charge in [-0.15, -0.1) is 11.8 Å². The van der Waals surface area contributed by atoms with E-state index >= 15 is 4.79 Å². The number of thioether (sulfide) groups is 1. The molecule has 1 amide bonds. The molecule has 2 aromatic rings. The number of ether oxygens (including phenoxy) is 6. The number of rotatable bonds is 13. The summed E-state index contributed by atoms with van der Waals surface area (Å²) in [5, 5.41) is 49.7. The smallest absolute Gasteiger partial charge is 0.408 e. The molecule has 6 rings (SSSR count). The lowest BCUT2D eigenvalue weighted by Crippen LogP contribution is -2.81. The summed E-state index contributed by atoms with van der Waals surface area (Å²) in [6.45, 7) is 11.4. The van der Waals surface area contributed by atoms with E-state index in [9.17, 15) is 49.2 Å². The number of carbonyl (C=O) groups is 7. The molecule has 358 valence electrons. The first-order valence-electron chi connectivity index (χ1n) is 21.4. The van der Waals surface area contributed by atoms with E-state index in [1.807, 2.05) is 0 Å². The van der Waals surface area contributed by atoms with Gasteiger partial charge >= 0.3 is 35.9 Å². The summed E-state index contributed by atoms with van der Waals surface area (Å²) in [4.78, 5) is 95.3. The van der Waals surface area contributed by atoms with E-state index in [-0.39, 0.29) is 35.3 Å². The van der Waals surface area contributed by atoms with Crippen LogP contribution >= 0.6 is 11.8 Å². The average molecular weight is 940 g/mol. The normalized spacial score (nSPS) is 30.9. The van der Waals surface area contributed by atoms with Crippen molar-refractivity contribution in [1.29, 1.82) is 0 Å². The fourth-order valence-electron chi connectivity index (χ4n) is 10.1. The molecule has 19 heteroatoms. The number of aliphatic hydroxyl groups is 3. The van der Waals surface area contributed by atoms with Gasteiger partial charge in [0, 0.05) is 25.2 Å². The lowest BCUT2D eigenvalue weighted by Gasteiger charge is -2.67. The maximum absolute atomic E-state index is 15.1. The zero-order valence-electron chi connectivity index (χ0n) is 37.9. The van der Waals surface area contributed by atoms with E-state index in [4.69, 9.17) is 28.4 Å². The van der Waals surface area contributed by atoms with Gasteiger partial charge in [0.05, 0.1) is 41.1 Å². The highest BCUT2D eigenvalue weighted by molar-refractivity contribution is 8.00. The first kappa shape index (κ1) is 50.1. The van der Waals surface area contributed by atoms with Crippen molar-refractivity contribution in [3.63, 3.8) is 0 Å². The Morgan fingerprint density at radius 2 is 1.56 bits per heavy atom. The number of benzene rings is 2. The Morgan fingerprint density at radius 1 is 0.939 bits per heavy atom. The number of hydrogen-bond donors (Lipinski definition) is 5. The van der Waals surface area contributed by atoms with Crippen molar-refractivity contribution in [3.05, 3.63) is 82.9 Å². The lowest BCUT2D eigenvalue weighted by atomic mass is 9.44. The number of fused-ring (bicyclic) bond motifs is 5. The zero-order valence-corrected chi connectivity index (χ0v) is 38.7. The Kier molecular flexibility index (Phi) is 14.2. The van der Waals surface area contributed by atoms with E-state index in [2.05, 4.69) is 5.32 Å². The molecule has 3 aliphatic carbocycles. The van der Waals surface area contributed by atoms with Crippen LogP contribution < -0.4 is 5.32 Å². The van der Waals surface area contributed by atoms with Crippen molar-refractivity contribution in [2.45, 2.75) is 128 Å². The van der Waals surface area contributed by atoms with Crippen molar-refractivity contribution in [2.75, 3.05) is 18.1 Å². The van der Waals surface area contributed by atoms with Crippen LogP contribution in [0.3, 0.4) is 0 Å². The Bertz CT molecular complexity index is 2260. The molecule has 2 saturated carbocycles. The van der Waals surface area contributed by atoms with Gasteiger partial charge in [0.25, 0.3) is 0 Å². The van der Waals surface area contributed by atoms with Gasteiger partial charge in [-0.05, 0) is 63.5 Å². The maximum Gasteiger partial charge on any atom is 0.408 e. The average Bonchev–Trinajstić information content (AvgIpc) is 3.23. The number of nitrogens with one attached hydrogen (secondary N) is 1. The number of carbonyl (C=O) groups excluding carboxylic acids is 6. The van der Waals surface area contributed by atoms with Crippen molar-refractivity contribution >= 4 is 53.5 Å². The Balaban J connectivity index is 1.51. The molecule has 0 radical (unpaired) electrons. The van der Waals surface area contributed by atoms with Crippen molar-refractivity contribution in [2.24, 2.45) is 16.7 Å². The van der Waals surface area contributed by atoms with Gasteiger partial charge in [0.2, 0.25) is 6.10 Å². The molecule has 2 aromatic carbocycles. The van der Waals surface area contributed by atoms with Crippen LogP contribution in [0.15, 0.2) is 71.8 Å². The van der Waals surface area contributed by atoms with Crippen LogP contribution in [0.5, 0.6) is 0 Å². The second kappa shape index (κ2) is 18.7. The van der Waals surface area contributed by atoms with Gasteiger partial charge in [-0.1, -0.05) is 62.4 Å². The van der Waals surface area contributed by atoms with Gasteiger partial charge in [-0.25, -0.2) is 14.4 Å². The molecular formula is C47H57NO17S. The predicted molar refractivity (Wildman–Crippen MR) is 232 cm³/mol. The summed E-state index contributed by atoms with van der Waals surface area (Å²) in [6.07, 6.45) is -12.1. The van der Waals surface area contributed by atoms with Crippen LogP contribution in [0, 0.1) is 16.7 Å². The number of esters is 4. The van der Waals surface area contributed by atoms with Crippen molar-refractivity contribution in [1.82, 2.24) is 5.32 Å². The Hall–Kier alpha value is -5.34. The number of amides is 1. The molecule has 1 aliphatic heterocycles. The topological polar surface area (TPSA) is 268 Å². The molecule has 0 spiro atoms. The molecular weight excluding hydrogens is 883 g/mol. The summed E-state index contributed by atoms with van der Waals surface area (Å²) < 4.78 is 35.6. The monoisotopic (exact) mass is 939 g/mol. The van der Waals surface area contributed by atoms with Gasteiger partial charge in [-0.3, -0.25) is 19.2 Å². The number of aliphatic carboxylic acids is 1. The van der Waals surface area contributed by atoms with Crippen LogP contribution in [0.2, 0.25) is 0 Å². The molecule has 3 fully saturated rings. The molecule has 11 atom stereocenters. The third-order valence-electron chi connectivity index (χ3n) is 13.2. The summed E-state index contributed by atoms with van der Waals surface area (Å²) >= 11 is 0.686. The summed E-state index contributed by atoms with van der Waals surface area (Å²) in [5.74, 6) is -8.92. The minimum Gasteiger partial charge on any atom is -0.481 e. The molecule has 0 unspecified atom stereocenters. The number of hydrogen-bond acceptors (Lipinski definition) is 17. The van der Waals surface area contributed by atoms with Gasteiger partial charge in [-0.2, -0.15) is 0 Å². The van der Waals surface area contributed by atoms with E-state index in [1.165, 1.54) is 52.0 Å². The molecule has 4 aliphatic rings. The van der Waals surface area contributed by atoms with Crippen molar-refractivity contribution < 1.29 is 82.4 Å². The molecule has 2 bridgehead atoms. The molecule has 1 saturated heterocycles. The highest BCUT2D eigenvalue weighted by Gasteiger charge is 2.78. The third kappa shape index (κ3) is 9.32. The van der Waals surface area contributed by atoms with Gasteiger partial charge < -0.3 is 54.2 Å². The van der Waals surface area contributed by atoms with Crippen LogP contribution in [-0.4, -0.2) is 134 Å². The number of alkyl carbamates (subject to hydrolysis) is 1. The first-order valence-corrected chi connectivity index (χ1v) is 22.6. The third-order valence-corrected chi connectivity index (χ3v) is 14.1. The molecule has 5 N–H and O–H groups in total. The van der Waals surface area contributed by atoms with E-state index in [1.54, 1.807) is 57.2 Å². The highest BCUT2D eigenvalue weighted by Crippen LogP contribution is 2.64. The van der Waals surface area contributed by atoms with E-state index < -0.39 is 136 Å². The zero-order chi connectivity index (χ0) is 48.7. The second-order valence-electron chi connectivity index (χ2n) is 18.9. The maximum atomic E-state index is 15.1. The number of aliphatic hydroxyl groups excluding tert-OH is 2. The van der Waals surface area contributed by atoms with Crippen LogP contribution in [-0.2, 0) is 52.4 Å². The van der Waals surface area contributed by atoms with Gasteiger partial charge in [0.1, 0.15) is 41.7 Å². The minimum atomic E-state index is -2.46. The molecule has 18 nitrogen and oxygen atoms in total. The number of carboxylic acids is 1. The lowest BCUT2D eigenvalue weighted by molar-refractivity contribution is -0.346. The SMILES string of the molecule is CC(=O)O[C@@]12CO[C@@H]1C[C@H](O)[C@@]1(C)C(=O)[C@H](O)C3=C(C)[C@@H](OC(=O)[C@H](OC(=O)CSCC(=O)O)[C@@H](NC(=O)OC(C)(C)C)c4ccccc4)C[C@@](O)([C@@H](OC(=O)c4ccccc4)[C@H]21)C3(C)C. The first-order chi connectivity index (χ1) is 30.8. The number of Topliss-reactive ketones (excluding diaryl/α,β-unsaturated/α-hetero) is 1.